The zero-order valence-electron chi connectivity index (χ0n) is 13.1. The van der Waals surface area contributed by atoms with E-state index in [4.69, 9.17) is 9.47 Å². The van der Waals surface area contributed by atoms with Crippen molar-refractivity contribution in [3.8, 4) is 11.5 Å². The van der Waals surface area contributed by atoms with Crippen LogP contribution in [-0.4, -0.2) is 39.8 Å². The molecule has 0 aromatic heterocycles. The van der Waals surface area contributed by atoms with Gasteiger partial charge in [0.25, 0.3) is 0 Å². The third-order valence-corrected chi connectivity index (χ3v) is 3.55. The summed E-state index contributed by atoms with van der Waals surface area (Å²) in [6, 6.07) is 6.10. The number of benzene rings is 1. The molecular formula is C16H25N3O2. The Hall–Kier alpha value is -1.91. The highest BCUT2D eigenvalue weighted by molar-refractivity contribution is 5.80. The zero-order chi connectivity index (χ0) is 15.1. The molecule has 1 aliphatic heterocycles. The monoisotopic (exact) mass is 291 g/mol. The van der Waals surface area contributed by atoms with E-state index in [1.807, 2.05) is 12.1 Å². The lowest BCUT2D eigenvalue weighted by Crippen LogP contribution is -2.42. The summed E-state index contributed by atoms with van der Waals surface area (Å²) in [6.45, 7) is 5.06. The van der Waals surface area contributed by atoms with Gasteiger partial charge in [-0.1, -0.05) is 13.0 Å². The van der Waals surface area contributed by atoms with E-state index in [0.29, 0.717) is 5.92 Å². The Morgan fingerprint density at radius 2 is 2.10 bits per heavy atom. The summed E-state index contributed by atoms with van der Waals surface area (Å²) < 4.78 is 10.6. The number of aliphatic imine (C=N–C) groups is 1. The lowest BCUT2D eigenvalue weighted by molar-refractivity contribution is 0.354. The third kappa shape index (κ3) is 4.55. The molecule has 21 heavy (non-hydrogen) atoms. The summed E-state index contributed by atoms with van der Waals surface area (Å²) >= 11 is 0. The first-order chi connectivity index (χ1) is 10.2. The van der Waals surface area contributed by atoms with Crippen LogP contribution in [0.15, 0.2) is 23.2 Å². The molecule has 1 atom stereocenters. The largest absolute Gasteiger partial charge is 0.493 e. The van der Waals surface area contributed by atoms with E-state index in [1.165, 1.54) is 5.56 Å². The first kappa shape index (κ1) is 15.5. The summed E-state index contributed by atoms with van der Waals surface area (Å²) in [4.78, 5) is 4.42. The summed E-state index contributed by atoms with van der Waals surface area (Å²) in [7, 11) is 3.32. The van der Waals surface area contributed by atoms with Crippen LogP contribution in [0, 0.1) is 5.92 Å². The number of hydrogen-bond donors (Lipinski definition) is 2. The van der Waals surface area contributed by atoms with Crippen molar-refractivity contribution in [2.75, 3.05) is 33.9 Å². The maximum Gasteiger partial charge on any atom is 0.191 e. The van der Waals surface area contributed by atoms with Gasteiger partial charge in [-0.2, -0.15) is 0 Å². The first-order valence-corrected chi connectivity index (χ1v) is 7.46. The Labute approximate surface area is 126 Å². The van der Waals surface area contributed by atoms with E-state index in [0.717, 1.165) is 49.9 Å². The van der Waals surface area contributed by atoms with Crippen LogP contribution in [0.1, 0.15) is 18.9 Å². The fourth-order valence-corrected chi connectivity index (χ4v) is 2.40. The minimum atomic E-state index is 0.509. The molecule has 0 radical (unpaired) electrons. The Morgan fingerprint density at radius 3 is 2.76 bits per heavy atom. The molecule has 1 aromatic carbocycles. The van der Waals surface area contributed by atoms with Gasteiger partial charge in [0, 0.05) is 19.6 Å². The molecule has 0 fully saturated rings. The highest BCUT2D eigenvalue weighted by Gasteiger charge is 2.10. The number of nitrogens with zero attached hydrogens (tertiary/aromatic N) is 1. The van der Waals surface area contributed by atoms with Crippen molar-refractivity contribution in [3.63, 3.8) is 0 Å². The van der Waals surface area contributed by atoms with Crippen molar-refractivity contribution in [3.05, 3.63) is 23.8 Å². The van der Waals surface area contributed by atoms with Gasteiger partial charge in [0.2, 0.25) is 0 Å². The van der Waals surface area contributed by atoms with Gasteiger partial charge in [-0.05, 0) is 36.5 Å². The van der Waals surface area contributed by atoms with E-state index >= 15 is 0 Å². The number of hydrogen-bond acceptors (Lipinski definition) is 5. The number of methoxy groups -OCH3 is 2. The summed E-state index contributed by atoms with van der Waals surface area (Å²) in [6.07, 6.45) is 2.10. The van der Waals surface area contributed by atoms with Gasteiger partial charge in [-0.3, -0.25) is 4.99 Å². The number of guanidine groups is 1. The molecule has 5 nitrogen and oxygen atoms in total. The Kier molecular flexibility index (Phi) is 5.72. The molecule has 0 saturated heterocycles. The lowest BCUT2D eigenvalue weighted by Gasteiger charge is -2.19. The smallest absolute Gasteiger partial charge is 0.191 e. The zero-order valence-corrected chi connectivity index (χ0v) is 13.1. The van der Waals surface area contributed by atoms with Crippen molar-refractivity contribution < 1.29 is 9.47 Å². The minimum absolute atomic E-state index is 0.509. The predicted octanol–water partition coefficient (Wildman–Crippen LogP) is 1.82. The lowest BCUT2D eigenvalue weighted by atomic mass is 10.0. The minimum Gasteiger partial charge on any atom is -0.493 e. The average Bonchev–Trinajstić information content (AvgIpc) is 2.53. The number of rotatable bonds is 6. The standard InChI is InChI=1S/C16H25N3O2/c1-12(11-19-16-17-7-4-8-18-16)9-13-5-6-14(20-2)15(10-13)21-3/h5-6,10,12H,4,7-9,11H2,1-3H3,(H2,17,18,19). The molecule has 1 aromatic rings. The molecule has 0 amide bonds. The van der Waals surface area contributed by atoms with Crippen molar-refractivity contribution in [1.29, 1.82) is 0 Å². The van der Waals surface area contributed by atoms with Gasteiger partial charge in [0.15, 0.2) is 17.5 Å². The highest BCUT2D eigenvalue weighted by atomic mass is 16.5. The van der Waals surface area contributed by atoms with Gasteiger partial charge >= 0.3 is 0 Å². The van der Waals surface area contributed by atoms with E-state index in [2.05, 4.69) is 28.6 Å². The van der Waals surface area contributed by atoms with Gasteiger partial charge in [-0.25, -0.2) is 0 Å². The van der Waals surface area contributed by atoms with Gasteiger partial charge in [0.1, 0.15) is 0 Å². The van der Waals surface area contributed by atoms with Crippen LogP contribution in [0.3, 0.4) is 0 Å². The van der Waals surface area contributed by atoms with Crippen LogP contribution in [0.4, 0.5) is 0 Å². The second-order valence-electron chi connectivity index (χ2n) is 5.39. The van der Waals surface area contributed by atoms with Crippen molar-refractivity contribution in [2.24, 2.45) is 10.9 Å². The van der Waals surface area contributed by atoms with Crippen LogP contribution < -0.4 is 20.1 Å². The van der Waals surface area contributed by atoms with E-state index in [-0.39, 0.29) is 0 Å². The molecule has 116 valence electrons. The molecule has 2 N–H and O–H groups in total. The van der Waals surface area contributed by atoms with E-state index in [1.54, 1.807) is 14.2 Å². The average molecular weight is 291 g/mol. The van der Waals surface area contributed by atoms with E-state index in [9.17, 15) is 0 Å². The normalized spacial score (nSPS) is 15.7. The SMILES string of the molecule is COc1ccc(CC(C)CNC2=NCCCN2)cc1OC. The summed E-state index contributed by atoms with van der Waals surface area (Å²) in [5.74, 6) is 3.00. The molecule has 0 spiro atoms. The molecule has 2 rings (SSSR count). The van der Waals surface area contributed by atoms with Crippen molar-refractivity contribution in [2.45, 2.75) is 19.8 Å². The molecule has 5 heteroatoms. The topological polar surface area (TPSA) is 54.9 Å². The van der Waals surface area contributed by atoms with E-state index < -0.39 is 0 Å². The van der Waals surface area contributed by atoms with Crippen LogP contribution >= 0.6 is 0 Å². The number of ether oxygens (including phenoxy) is 2. The molecular weight excluding hydrogens is 266 g/mol. The van der Waals surface area contributed by atoms with Crippen LogP contribution in [0.2, 0.25) is 0 Å². The quantitative estimate of drug-likeness (QED) is 0.839. The summed E-state index contributed by atoms with van der Waals surface area (Å²) in [5.41, 5.74) is 1.25. The molecule has 0 saturated carbocycles. The molecule has 0 aliphatic carbocycles. The Balaban J connectivity index is 1.87. The van der Waals surface area contributed by atoms with Crippen LogP contribution in [0.5, 0.6) is 11.5 Å². The van der Waals surface area contributed by atoms with Crippen molar-refractivity contribution in [1.82, 2.24) is 10.6 Å². The molecule has 0 bridgehead atoms. The van der Waals surface area contributed by atoms with Crippen LogP contribution in [0.25, 0.3) is 0 Å². The Morgan fingerprint density at radius 1 is 1.29 bits per heavy atom. The first-order valence-electron chi connectivity index (χ1n) is 7.46. The van der Waals surface area contributed by atoms with Crippen molar-refractivity contribution >= 4 is 5.96 Å². The highest BCUT2D eigenvalue weighted by Crippen LogP contribution is 2.28. The van der Waals surface area contributed by atoms with Crippen LogP contribution in [-0.2, 0) is 6.42 Å². The van der Waals surface area contributed by atoms with Gasteiger partial charge in [0.05, 0.1) is 14.2 Å². The molecule has 1 aliphatic rings. The fraction of sp³-hybridized carbons (Fsp3) is 0.562. The maximum absolute atomic E-state index is 5.34. The fourth-order valence-electron chi connectivity index (χ4n) is 2.40. The Bertz CT molecular complexity index is 488. The second kappa shape index (κ2) is 7.76. The number of nitrogens with one attached hydrogen (secondary N) is 2. The third-order valence-electron chi connectivity index (χ3n) is 3.55. The van der Waals surface area contributed by atoms with Gasteiger partial charge < -0.3 is 20.1 Å². The second-order valence-corrected chi connectivity index (χ2v) is 5.39. The summed E-state index contributed by atoms with van der Waals surface area (Å²) in [5, 5.41) is 6.65. The molecule has 1 heterocycles. The van der Waals surface area contributed by atoms with Gasteiger partial charge in [-0.15, -0.1) is 0 Å². The predicted molar refractivity (Wildman–Crippen MR) is 85.3 cm³/mol. The maximum atomic E-state index is 5.34. The molecule has 1 unspecified atom stereocenters.